The number of nitrogens with one attached hydrogen (secondary N) is 1. The summed E-state index contributed by atoms with van der Waals surface area (Å²) in [7, 11) is 0. The third-order valence-corrected chi connectivity index (χ3v) is 1.68. The number of alkyl halides is 3. The Morgan fingerprint density at radius 3 is 2.28 bits per heavy atom. The van der Waals surface area contributed by atoms with E-state index in [0.29, 0.717) is 0 Å². The van der Waals surface area contributed by atoms with Crippen LogP contribution in [-0.2, 0) is 19.1 Å². The van der Waals surface area contributed by atoms with Gasteiger partial charge in [0.15, 0.2) is 6.61 Å². The van der Waals surface area contributed by atoms with Gasteiger partial charge in [0.25, 0.3) is 0 Å². The molecule has 0 aromatic heterocycles. The summed E-state index contributed by atoms with van der Waals surface area (Å²) in [5.41, 5.74) is 0. The molecule has 9 heteroatoms. The summed E-state index contributed by atoms with van der Waals surface area (Å²) in [5.74, 6) is -3.79. The molecule has 0 saturated heterocycles. The lowest BCUT2D eigenvalue weighted by Gasteiger charge is -2.07. The molecule has 0 aromatic carbocycles. The second-order valence-electron chi connectivity index (χ2n) is 3.29. The molecule has 0 radical (unpaired) electrons. The lowest BCUT2D eigenvalue weighted by atomic mass is 10.2. The number of unbranched alkanes of at least 4 members (excludes halogenated alkanes) is 1. The molecule has 1 amide bonds. The van der Waals surface area contributed by atoms with Crippen molar-refractivity contribution >= 4 is 17.8 Å². The molecule has 0 rings (SSSR count). The first-order valence-corrected chi connectivity index (χ1v) is 4.96. The maximum atomic E-state index is 11.6. The van der Waals surface area contributed by atoms with E-state index in [4.69, 9.17) is 5.11 Å². The Bertz CT molecular complexity index is 316. The van der Waals surface area contributed by atoms with Crippen LogP contribution < -0.4 is 5.32 Å². The van der Waals surface area contributed by atoms with Crippen LogP contribution in [0.3, 0.4) is 0 Å². The normalized spacial score (nSPS) is 10.8. The number of carboxylic acids is 1. The lowest BCUT2D eigenvalue weighted by Crippen LogP contribution is -2.31. The maximum Gasteiger partial charge on any atom is 0.422 e. The number of halogens is 3. The molecule has 0 aliphatic rings. The predicted molar refractivity (Wildman–Crippen MR) is 51.5 cm³/mol. The van der Waals surface area contributed by atoms with Crippen molar-refractivity contribution in [1.29, 1.82) is 0 Å². The van der Waals surface area contributed by atoms with Crippen LogP contribution in [0.4, 0.5) is 13.2 Å². The molecule has 0 unspecified atom stereocenters. The molecule has 0 aliphatic carbocycles. The highest BCUT2D eigenvalue weighted by Crippen LogP contribution is 2.14. The Balaban J connectivity index is 3.52. The van der Waals surface area contributed by atoms with Crippen molar-refractivity contribution in [2.45, 2.75) is 25.4 Å². The SMILES string of the molecule is O=C(CCCCNC(=O)C(=O)O)OCC(F)(F)F. The summed E-state index contributed by atoms with van der Waals surface area (Å²) in [6.07, 6.45) is -4.32. The van der Waals surface area contributed by atoms with Crippen LogP contribution in [0.15, 0.2) is 0 Å². The quantitative estimate of drug-likeness (QED) is 0.416. The zero-order valence-electron chi connectivity index (χ0n) is 9.25. The van der Waals surface area contributed by atoms with Crippen LogP contribution in [-0.4, -0.2) is 42.3 Å². The molecule has 0 aliphatic heterocycles. The van der Waals surface area contributed by atoms with Gasteiger partial charge >= 0.3 is 24.0 Å². The van der Waals surface area contributed by atoms with Crippen LogP contribution in [0.25, 0.3) is 0 Å². The molecular weight excluding hydrogens is 259 g/mol. The third-order valence-electron chi connectivity index (χ3n) is 1.68. The Labute approximate surface area is 100 Å². The minimum atomic E-state index is -4.55. The number of esters is 1. The van der Waals surface area contributed by atoms with E-state index in [9.17, 15) is 27.6 Å². The van der Waals surface area contributed by atoms with Crippen molar-refractivity contribution in [2.75, 3.05) is 13.2 Å². The van der Waals surface area contributed by atoms with Gasteiger partial charge in [-0.15, -0.1) is 0 Å². The van der Waals surface area contributed by atoms with Crippen molar-refractivity contribution in [1.82, 2.24) is 5.32 Å². The number of hydrogen-bond donors (Lipinski definition) is 2. The van der Waals surface area contributed by atoms with Gasteiger partial charge in [-0.2, -0.15) is 13.2 Å². The fourth-order valence-corrected chi connectivity index (χ4v) is 0.906. The average molecular weight is 271 g/mol. The largest absolute Gasteiger partial charge is 0.474 e. The second kappa shape index (κ2) is 7.51. The maximum absolute atomic E-state index is 11.6. The van der Waals surface area contributed by atoms with Gasteiger partial charge in [-0.05, 0) is 12.8 Å². The summed E-state index contributed by atoms with van der Waals surface area (Å²) >= 11 is 0. The van der Waals surface area contributed by atoms with E-state index in [1.807, 2.05) is 5.32 Å². The molecular formula is C9H12F3NO5. The Morgan fingerprint density at radius 1 is 1.17 bits per heavy atom. The summed E-state index contributed by atoms with van der Waals surface area (Å²) in [5, 5.41) is 10.2. The molecule has 0 fully saturated rings. The highest BCUT2D eigenvalue weighted by atomic mass is 19.4. The number of carbonyl (C=O) groups excluding carboxylic acids is 2. The summed E-state index contributed by atoms with van der Waals surface area (Å²) in [6.45, 7) is -1.60. The van der Waals surface area contributed by atoms with Gasteiger partial charge in [-0.3, -0.25) is 9.59 Å². The number of hydrogen-bond acceptors (Lipinski definition) is 4. The molecule has 0 heterocycles. The molecule has 0 atom stereocenters. The molecule has 0 aromatic rings. The molecule has 6 nitrogen and oxygen atoms in total. The zero-order valence-corrected chi connectivity index (χ0v) is 9.25. The van der Waals surface area contributed by atoms with Gasteiger partial charge in [0, 0.05) is 13.0 Å². The zero-order chi connectivity index (χ0) is 14.2. The van der Waals surface area contributed by atoms with Crippen LogP contribution in [0.2, 0.25) is 0 Å². The first kappa shape index (κ1) is 16.2. The highest BCUT2D eigenvalue weighted by Gasteiger charge is 2.29. The Morgan fingerprint density at radius 2 is 1.78 bits per heavy atom. The van der Waals surface area contributed by atoms with Crippen LogP contribution in [0.1, 0.15) is 19.3 Å². The van der Waals surface area contributed by atoms with E-state index in [2.05, 4.69) is 4.74 Å². The Kier molecular flexibility index (Phi) is 6.76. The number of carboxylic acid groups (broad SMARTS) is 1. The van der Waals surface area contributed by atoms with E-state index < -0.39 is 30.6 Å². The third kappa shape index (κ3) is 9.43. The fraction of sp³-hybridized carbons (Fsp3) is 0.667. The van der Waals surface area contributed by atoms with Crippen molar-refractivity contribution in [3.63, 3.8) is 0 Å². The van der Waals surface area contributed by atoms with E-state index in [1.54, 1.807) is 0 Å². The Hall–Kier alpha value is -1.80. The molecule has 0 bridgehead atoms. The van der Waals surface area contributed by atoms with Gasteiger partial charge in [-0.25, -0.2) is 4.79 Å². The van der Waals surface area contributed by atoms with Gasteiger partial charge < -0.3 is 15.2 Å². The average Bonchev–Trinajstić information content (AvgIpc) is 2.24. The lowest BCUT2D eigenvalue weighted by molar-refractivity contribution is -0.186. The number of ether oxygens (including phenoxy) is 1. The molecule has 0 spiro atoms. The minimum Gasteiger partial charge on any atom is -0.474 e. The standard InChI is InChI=1S/C9H12F3NO5/c10-9(11,12)5-18-6(14)3-1-2-4-13-7(15)8(16)17/h1-5H2,(H,13,15)(H,16,17). The number of rotatable bonds is 6. The second-order valence-corrected chi connectivity index (χ2v) is 3.29. The highest BCUT2D eigenvalue weighted by molar-refractivity contribution is 6.31. The number of amides is 1. The van der Waals surface area contributed by atoms with E-state index in [0.717, 1.165) is 0 Å². The van der Waals surface area contributed by atoms with E-state index in [-0.39, 0.29) is 25.8 Å². The first-order chi connectivity index (χ1) is 8.22. The van der Waals surface area contributed by atoms with Gasteiger partial charge in [0.2, 0.25) is 0 Å². The van der Waals surface area contributed by atoms with Crippen molar-refractivity contribution in [2.24, 2.45) is 0 Å². The van der Waals surface area contributed by atoms with Gasteiger partial charge in [-0.1, -0.05) is 0 Å². The molecule has 2 N–H and O–H groups in total. The minimum absolute atomic E-state index is 0.0255. The van der Waals surface area contributed by atoms with Gasteiger partial charge in [0.1, 0.15) is 0 Å². The van der Waals surface area contributed by atoms with Crippen LogP contribution in [0, 0.1) is 0 Å². The van der Waals surface area contributed by atoms with Gasteiger partial charge in [0.05, 0.1) is 0 Å². The van der Waals surface area contributed by atoms with Crippen molar-refractivity contribution in [3.05, 3.63) is 0 Å². The molecule has 18 heavy (non-hydrogen) atoms. The summed E-state index contributed by atoms with van der Waals surface area (Å²) in [4.78, 5) is 31.4. The monoisotopic (exact) mass is 271 g/mol. The molecule has 104 valence electrons. The topological polar surface area (TPSA) is 92.7 Å². The predicted octanol–water partition coefficient (Wildman–Crippen LogP) is 0.463. The fourth-order valence-electron chi connectivity index (χ4n) is 0.906. The number of aliphatic carboxylic acids is 1. The first-order valence-electron chi connectivity index (χ1n) is 4.96. The van der Waals surface area contributed by atoms with E-state index >= 15 is 0 Å². The molecule has 0 saturated carbocycles. The van der Waals surface area contributed by atoms with Crippen molar-refractivity contribution in [3.8, 4) is 0 Å². The van der Waals surface area contributed by atoms with E-state index in [1.165, 1.54) is 0 Å². The summed E-state index contributed by atoms with van der Waals surface area (Å²) in [6, 6.07) is 0. The van der Waals surface area contributed by atoms with Crippen LogP contribution in [0.5, 0.6) is 0 Å². The number of carbonyl (C=O) groups is 3. The van der Waals surface area contributed by atoms with Crippen LogP contribution >= 0.6 is 0 Å². The van der Waals surface area contributed by atoms with Crippen molar-refractivity contribution < 1.29 is 37.4 Å². The smallest absolute Gasteiger partial charge is 0.422 e. The summed E-state index contributed by atoms with van der Waals surface area (Å²) < 4.78 is 38.9.